The van der Waals surface area contributed by atoms with Crippen LogP contribution >= 0.6 is 12.4 Å². The summed E-state index contributed by atoms with van der Waals surface area (Å²) in [5.41, 5.74) is 0. The number of hydrogen-bond donors (Lipinski definition) is 0. The number of rotatable bonds is 8. The highest BCUT2D eigenvalue weighted by Crippen LogP contribution is 2.09. The van der Waals surface area contributed by atoms with Gasteiger partial charge in [-0.3, -0.25) is 0 Å². The molecule has 0 aromatic rings. The van der Waals surface area contributed by atoms with E-state index < -0.39 is 0 Å². The van der Waals surface area contributed by atoms with Crippen LogP contribution in [0, 0.1) is 0 Å². The van der Waals surface area contributed by atoms with Crippen LogP contribution in [0.5, 0.6) is 0 Å². The first-order valence-corrected chi connectivity index (χ1v) is 4.40. The van der Waals surface area contributed by atoms with Crippen molar-refractivity contribution in [2.24, 2.45) is 0 Å². The summed E-state index contributed by atoms with van der Waals surface area (Å²) in [5.74, 6) is 0. The Labute approximate surface area is 93.3 Å². The second-order valence-electron chi connectivity index (χ2n) is 2.73. The molecule has 2 atom stereocenters. The lowest BCUT2D eigenvalue weighted by Crippen LogP contribution is -2.17. The van der Waals surface area contributed by atoms with Crippen LogP contribution in [0.1, 0.15) is 12.8 Å². The normalized spacial score (nSPS) is 13.1. The first-order chi connectivity index (χ1) is 6.28. The van der Waals surface area contributed by atoms with Crippen LogP contribution in [-0.4, -0.2) is 12.2 Å². The predicted molar refractivity (Wildman–Crippen MR) is 65.9 cm³/mol. The Kier molecular flexibility index (Phi) is 11.5. The van der Waals surface area contributed by atoms with Crippen LogP contribution in [0.25, 0.3) is 0 Å². The maximum absolute atomic E-state index is 5.65. The Balaban J connectivity index is 0. The number of ether oxygens (including phenoxy) is 1. The zero-order valence-corrected chi connectivity index (χ0v) is 9.34. The number of halogens is 1. The van der Waals surface area contributed by atoms with Crippen molar-refractivity contribution < 1.29 is 4.74 Å². The molecular weight excluding hydrogens is 196 g/mol. The zero-order valence-electron chi connectivity index (χ0n) is 8.52. The van der Waals surface area contributed by atoms with Gasteiger partial charge in [0.2, 0.25) is 0 Å². The molecule has 0 aliphatic heterocycles. The average molecular weight is 215 g/mol. The van der Waals surface area contributed by atoms with Crippen molar-refractivity contribution in [2.45, 2.75) is 25.0 Å². The Hall–Kier alpha value is -0.790. The van der Waals surface area contributed by atoms with Gasteiger partial charge in [0.1, 0.15) is 0 Å². The van der Waals surface area contributed by atoms with Crippen molar-refractivity contribution in [2.75, 3.05) is 0 Å². The minimum absolute atomic E-state index is 0. The molecule has 1 nitrogen and oxygen atoms in total. The van der Waals surface area contributed by atoms with Gasteiger partial charge in [-0.2, -0.15) is 0 Å². The molecule has 80 valence electrons. The summed E-state index contributed by atoms with van der Waals surface area (Å²) in [6.07, 6.45) is 8.82. The van der Waals surface area contributed by atoms with Gasteiger partial charge in [0.05, 0.1) is 12.2 Å². The molecule has 0 amide bonds. The van der Waals surface area contributed by atoms with Crippen molar-refractivity contribution in [3.8, 4) is 0 Å². The fourth-order valence-corrected chi connectivity index (χ4v) is 0.968. The second kappa shape index (κ2) is 10.3. The maximum atomic E-state index is 5.65. The smallest absolute Gasteiger partial charge is 0.0795 e. The van der Waals surface area contributed by atoms with Crippen LogP contribution < -0.4 is 0 Å². The molecule has 0 radical (unpaired) electrons. The Morgan fingerprint density at radius 3 is 1.43 bits per heavy atom. The fourth-order valence-electron chi connectivity index (χ4n) is 0.968. The highest BCUT2D eigenvalue weighted by atomic mass is 35.5. The van der Waals surface area contributed by atoms with E-state index in [0.29, 0.717) is 0 Å². The van der Waals surface area contributed by atoms with E-state index in [1.54, 1.807) is 12.2 Å². The minimum atomic E-state index is 0. The van der Waals surface area contributed by atoms with Gasteiger partial charge in [-0.05, 0) is 12.8 Å². The molecule has 0 aromatic carbocycles. The SMILES string of the molecule is C=CCC(C=C)OC(C=C)CC=C.Cl. The average Bonchev–Trinajstić information content (AvgIpc) is 2.16. The van der Waals surface area contributed by atoms with E-state index in [-0.39, 0.29) is 24.6 Å². The summed E-state index contributed by atoms with van der Waals surface area (Å²) in [6, 6.07) is 0. The van der Waals surface area contributed by atoms with Crippen molar-refractivity contribution in [1.82, 2.24) is 0 Å². The Morgan fingerprint density at radius 1 is 0.857 bits per heavy atom. The quantitative estimate of drug-likeness (QED) is 0.560. The lowest BCUT2D eigenvalue weighted by atomic mass is 10.2. The largest absolute Gasteiger partial charge is 0.366 e. The van der Waals surface area contributed by atoms with E-state index >= 15 is 0 Å². The topological polar surface area (TPSA) is 9.23 Å². The van der Waals surface area contributed by atoms with Crippen LogP contribution in [0.15, 0.2) is 50.6 Å². The zero-order chi connectivity index (χ0) is 10.1. The number of hydrogen-bond acceptors (Lipinski definition) is 1. The first kappa shape index (κ1) is 15.7. The predicted octanol–water partition coefficient (Wildman–Crippen LogP) is 3.69. The summed E-state index contributed by atoms with van der Waals surface area (Å²) in [7, 11) is 0. The van der Waals surface area contributed by atoms with Gasteiger partial charge in [-0.1, -0.05) is 24.3 Å². The van der Waals surface area contributed by atoms with Gasteiger partial charge in [0, 0.05) is 0 Å². The fraction of sp³-hybridized carbons (Fsp3) is 0.333. The highest BCUT2D eigenvalue weighted by Gasteiger charge is 2.08. The van der Waals surface area contributed by atoms with E-state index in [1.807, 2.05) is 12.2 Å². The highest BCUT2D eigenvalue weighted by molar-refractivity contribution is 5.85. The summed E-state index contributed by atoms with van der Waals surface area (Å²) in [4.78, 5) is 0. The Morgan fingerprint density at radius 2 is 1.21 bits per heavy atom. The molecule has 2 unspecified atom stereocenters. The Bertz CT molecular complexity index is 167. The van der Waals surface area contributed by atoms with Crippen LogP contribution in [0.3, 0.4) is 0 Å². The third kappa shape index (κ3) is 6.70. The molecule has 0 aromatic heterocycles. The summed E-state index contributed by atoms with van der Waals surface area (Å²) < 4.78 is 5.65. The van der Waals surface area contributed by atoms with Crippen molar-refractivity contribution in [3.63, 3.8) is 0 Å². The van der Waals surface area contributed by atoms with Crippen LogP contribution in [0.4, 0.5) is 0 Å². The first-order valence-electron chi connectivity index (χ1n) is 4.40. The van der Waals surface area contributed by atoms with E-state index in [0.717, 1.165) is 12.8 Å². The molecule has 14 heavy (non-hydrogen) atoms. The van der Waals surface area contributed by atoms with E-state index in [4.69, 9.17) is 4.74 Å². The van der Waals surface area contributed by atoms with Gasteiger partial charge in [-0.15, -0.1) is 38.7 Å². The van der Waals surface area contributed by atoms with Gasteiger partial charge in [0.15, 0.2) is 0 Å². The van der Waals surface area contributed by atoms with Gasteiger partial charge >= 0.3 is 0 Å². The summed E-state index contributed by atoms with van der Waals surface area (Å²) >= 11 is 0. The molecular formula is C12H19ClO. The van der Waals surface area contributed by atoms with Gasteiger partial charge < -0.3 is 4.74 Å². The molecule has 2 heteroatoms. The minimum Gasteiger partial charge on any atom is -0.366 e. The lowest BCUT2D eigenvalue weighted by molar-refractivity contribution is 0.0455. The van der Waals surface area contributed by atoms with Crippen LogP contribution in [-0.2, 0) is 4.74 Å². The maximum Gasteiger partial charge on any atom is 0.0795 e. The molecule has 0 aliphatic carbocycles. The molecule has 0 rings (SSSR count). The molecule has 0 N–H and O–H groups in total. The van der Waals surface area contributed by atoms with E-state index in [1.165, 1.54) is 0 Å². The van der Waals surface area contributed by atoms with E-state index in [9.17, 15) is 0 Å². The molecule has 0 heterocycles. The molecule has 0 bridgehead atoms. The monoisotopic (exact) mass is 214 g/mol. The van der Waals surface area contributed by atoms with Gasteiger partial charge in [-0.25, -0.2) is 0 Å². The van der Waals surface area contributed by atoms with Gasteiger partial charge in [0.25, 0.3) is 0 Å². The second-order valence-corrected chi connectivity index (χ2v) is 2.73. The molecule has 0 saturated heterocycles. The summed E-state index contributed by atoms with van der Waals surface area (Å²) in [6.45, 7) is 14.7. The standard InChI is InChI=1S/C12H18O.ClH/c1-5-9-11(7-3)13-12(8-4)10-6-2;/h5-8,11-12H,1-4,9-10H2;1H. The third-order valence-corrected chi connectivity index (χ3v) is 1.67. The molecule has 0 fully saturated rings. The summed E-state index contributed by atoms with van der Waals surface area (Å²) in [5, 5.41) is 0. The van der Waals surface area contributed by atoms with Crippen molar-refractivity contribution in [3.05, 3.63) is 50.6 Å². The van der Waals surface area contributed by atoms with Crippen LogP contribution in [0.2, 0.25) is 0 Å². The molecule has 0 saturated carbocycles. The van der Waals surface area contributed by atoms with Crippen molar-refractivity contribution in [1.29, 1.82) is 0 Å². The van der Waals surface area contributed by atoms with Crippen molar-refractivity contribution >= 4 is 12.4 Å². The molecule has 0 spiro atoms. The third-order valence-electron chi connectivity index (χ3n) is 1.67. The lowest BCUT2D eigenvalue weighted by Gasteiger charge is -2.17. The molecule has 0 aliphatic rings. The van der Waals surface area contributed by atoms with E-state index in [2.05, 4.69) is 26.3 Å².